The maximum absolute atomic E-state index is 16.4. The molecule has 4 aromatic rings. The van der Waals surface area contributed by atoms with E-state index in [-0.39, 0.29) is 39.3 Å². The molecule has 0 bridgehead atoms. The van der Waals surface area contributed by atoms with Crippen molar-refractivity contribution in [1.29, 1.82) is 0 Å². The van der Waals surface area contributed by atoms with Gasteiger partial charge < -0.3 is 19.5 Å². The molecular formula is C34H34ClFN6O5. The van der Waals surface area contributed by atoms with Crippen LogP contribution >= 0.6 is 11.6 Å². The molecule has 6 rings (SSSR count). The SMILES string of the molecule is COc1nc(-c2cccc(-c3cccc(NC(=O)c4cn(C)c(=O)n(C)c4=O)c3Cl)c2F)cc2c1[C@@H](N1CCN(C(C)=O)CC1)CC2. The average Bonchev–Trinajstić information content (AvgIpc) is 3.50. The molecule has 11 nitrogen and oxygen atoms in total. The number of piperazine rings is 1. The van der Waals surface area contributed by atoms with Crippen LogP contribution in [0.2, 0.25) is 5.02 Å². The molecule has 2 amide bonds. The van der Waals surface area contributed by atoms with Crippen LogP contribution in [0.3, 0.4) is 0 Å². The van der Waals surface area contributed by atoms with Gasteiger partial charge in [0.25, 0.3) is 11.5 Å². The minimum absolute atomic E-state index is 0.0748. The zero-order valence-corrected chi connectivity index (χ0v) is 27.2. The molecule has 13 heteroatoms. The Morgan fingerprint density at radius 2 is 1.70 bits per heavy atom. The number of carbonyl (C=O) groups is 2. The van der Waals surface area contributed by atoms with Gasteiger partial charge in [-0.25, -0.2) is 14.2 Å². The van der Waals surface area contributed by atoms with Crippen LogP contribution in [0.15, 0.2) is 58.3 Å². The molecule has 2 aromatic heterocycles. The van der Waals surface area contributed by atoms with E-state index in [4.69, 9.17) is 21.3 Å². The number of ether oxygens (including phenoxy) is 1. The second-order valence-corrected chi connectivity index (χ2v) is 12.2. The topological polar surface area (TPSA) is 119 Å². The first-order valence-corrected chi connectivity index (χ1v) is 15.6. The van der Waals surface area contributed by atoms with Crippen LogP contribution in [0.1, 0.15) is 40.9 Å². The summed E-state index contributed by atoms with van der Waals surface area (Å²) in [5.41, 5.74) is 1.86. The molecule has 0 spiro atoms. The lowest BCUT2D eigenvalue weighted by Gasteiger charge is -2.38. The van der Waals surface area contributed by atoms with Crippen LogP contribution in [0.5, 0.6) is 5.88 Å². The van der Waals surface area contributed by atoms with Gasteiger partial charge in [-0.2, -0.15) is 0 Å². The summed E-state index contributed by atoms with van der Waals surface area (Å²) in [7, 11) is 4.28. The summed E-state index contributed by atoms with van der Waals surface area (Å²) < 4.78 is 24.1. The Kier molecular flexibility index (Phi) is 8.73. The maximum atomic E-state index is 16.4. The number of hydrogen-bond donors (Lipinski definition) is 1. The van der Waals surface area contributed by atoms with E-state index in [1.165, 1.54) is 14.1 Å². The normalized spacial score (nSPS) is 16.2. The molecule has 1 fully saturated rings. The monoisotopic (exact) mass is 660 g/mol. The van der Waals surface area contributed by atoms with Crippen molar-refractivity contribution in [2.45, 2.75) is 25.8 Å². The highest BCUT2D eigenvalue weighted by atomic mass is 35.5. The first-order chi connectivity index (χ1) is 22.5. The van der Waals surface area contributed by atoms with E-state index >= 15 is 4.39 Å². The quantitative estimate of drug-likeness (QED) is 0.332. The Morgan fingerprint density at radius 1 is 1.02 bits per heavy atom. The van der Waals surface area contributed by atoms with Crippen LogP contribution < -0.4 is 21.3 Å². The zero-order chi connectivity index (χ0) is 33.6. The van der Waals surface area contributed by atoms with E-state index in [0.29, 0.717) is 30.2 Å². The van der Waals surface area contributed by atoms with E-state index in [2.05, 4.69) is 10.2 Å². The predicted octanol–water partition coefficient (Wildman–Crippen LogP) is 4.02. The molecule has 47 heavy (non-hydrogen) atoms. The van der Waals surface area contributed by atoms with Gasteiger partial charge in [0.05, 0.1) is 23.5 Å². The van der Waals surface area contributed by atoms with Gasteiger partial charge in [0.15, 0.2) is 0 Å². The maximum Gasteiger partial charge on any atom is 0.330 e. The van der Waals surface area contributed by atoms with E-state index in [1.54, 1.807) is 50.4 Å². The van der Waals surface area contributed by atoms with Gasteiger partial charge in [0.2, 0.25) is 11.8 Å². The molecule has 1 saturated heterocycles. The highest BCUT2D eigenvalue weighted by Gasteiger charge is 2.35. The number of nitrogens with zero attached hydrogens (tertiary/aromatic N) is 5. The number of nitrogens with one attached hydrogen (secondary N) is 1. The fourth-order valence-corrected chi connectivity index (χ4v) is 6.79. The van der Waals surface area contributed by atoms with Gasteiger partial charge in [-0.15, -0.1) is 0 Å². The molecule has 1 aliphatic heterocycles. The minimum atomic E-state index is -0.761. The number of anilines is 1. The first kappa shape index (κ1) is 32.1. The van der Waals surface area contributed by atoms with Crippen LogP contribution in [-0.2, 0) is 25.3 Å². The Morgan fingerprint density at radius 3 is 2.40 bits per heavy atom. The number of fused-ring (bicyclic) bond motifs is 1. The number of pyridine rings is 1. The third kappa shape index (κ3) is 5.83. The molecule has 2 aliphatic rings. The standard InChI is InChI=1S/C34H34ClFN6O5/c1-19(43)41-13-15-42(16-14-41)27-12-11-20-17-26(38-32(47-4)28(20)27)23-9-5-8-22(30(23)36)21-7-6-10-25(29(21)35)37-31(44)24-18-39(2)34(46)40(3)33(24)45/h5-10,17-18,27H,11-16H2,1-4H3,(H,37,44)/t27-/m0/s1. The van der Waals surface area contributed by atoms with Crippen molar-refractivity contribution < 1.29 is 18.7 Å². The summed E-state index contributed by atoms with van der Waals surface area (Å²) in [5.74, 6) is -0.779. The molecule has 0 radical (unpaired) electrons. The fraction of sp³-hybridized carbons (Fsp3) is 0.324. The Bertz CT molecular complexity index is 2030. The fourth-order valence-electron chi connectivity index (χ4n) is 6.52. The Hall–Kier alpha value is -4.81. The lowest BCUT2D eigenvalue weighted by Crippen LogP contribution is -2.48. The van der Waals surface area contributed by atoms with Crippen molar-refractivity contribution in [3.8, 4) is 28.3 Å². The van der Waals surface area contributed by atoms with Gasteiger partial charge in [-0.05, 0) is 36.6 Å². The van der Waals surface area contributed by atoms with Crippen LogP contribution in [0.25, 0.3) is 22.4 Å². The molecule has 3 heterocycles. The van der Waals surface area contributed by atoms with E-state index < -0.39 is 23.0 Å². The number of rotatable bonds is 6. The lowest BCUT2D eigenvalue weighted by molar-refractivity contribution is -0.130. The van der Waals surface area contributed by atoms with Crippen molar-refractivity contribution in [3.63, 3.8) is 0 Å². The van der Waals surface area contributed by atoms with Gasteiger partial charge in [-0.1, -0.05) is 35.9 Å². The van der Waals surface area contributed by atoms with Crippen molar-refractivity contribution in [2.75, 3.05) is 38.6 Å². The largest absolute Gasteiger partial charge is 0.481 e. The second kappa shape index (κ2) is 12.8. The molecule has 1 atom stereocenters. The highest BCUT2D eigenvalue weighted by molar-refractivity contribution is 6.36. The summed E-state index contributed by atoms with van der Waals surface area (Å²) in [6, 6.07) is 11.8. The summed E-state index contributed by atoms with van der Waals surface area (Å²) >= 11 is 6.73. The van der Waals surface area contributed by atoms with Crippen LogP contribution in [0, 0.1) is 5.82 Å². The van der Waals surface area contributed by atoms with E-state index in [1.807, 2.05) is 11.0 Å². The van der Waals surface area contributed by atoms with Gasteiger partial charge in [-0.3, -0.25) is 23.9 Å². The molecule has 244 valence electrons. The lowest BCUT2D eigenvalue weighted by atomic mass is 9.98. The third-order valence-electron chi connectivity index (χ3n) is 9.03. The summed E-state index contributed by atoms with van der Waals surface area (Å²) in [6.45, 7) is 4.45. The number of halogens is 2. The van der Waals surface area contributed by atoms with Crippen molar-refractivity contribution in [1.82, 2.24) is 23.9 Å². The summed E-state index contributed by atoms with van der Waals surface area (Å²) in [6.07, 6.45) is 2.82. The van der Waals surface area contributed by atoms with Crippen LogP contribution in [-0.4, -0.2) is 69.0 Å². The number of benzene rings is 2. The van der Waals surface area contributed by atoms with Crippen LogP contribution in [0.4, 0.5) is 10.1 Å². The third-order valence-corrected chi connectivity index (χ3v) is 9.43. The number of aromatic nitrogens is 3. The number of methoxy groups -OCH3 is 1. The smallest absolute Gasteiger partial charge is 0.330 e. The first-order valence-electron chi connectivity index (χ1n) is 15.2. The zero-order valence-electron chi connectivity index (χ0n) is 26.5. The van der Waals surface area contributed by atoms with E-state index in [0.717, 1.165) is 52.4 Å². The van der Waals surface area contributed by atoms with Gasteiger partial charge >= 0.3 is 5.69 Å². The summed E-state index contributed by atoms with van der Waals surface area (Å²) in [5, 5.41) is 2.70. The highest BCUT2D eigenvalue weighted by Crippen LogP contribution is 2.44. The van der Waals surface area contributed by atoms with Crippen molar-refractivity contribution >= 4 is 29.1 Å². The minimum Gasteiger partial charge on any atom is -0.481 e. The number of aryl methyl sites for hydroxylation is 2. The molecule has 0 unspecified atom stereocenters. The van der Waals surface area contributed by atoms with Crippen molar-refractivity contribution in [3.05, 3.63) is 97.0 Å². The molecular weight excluding hydrogens is 627 g/mol. The Labute approximate surface area is 275 Å². The number of amides is 2. The van der Waals surface area contributed by atoms with Crippen molar-refractivity contribution in [2.24, 2.45) is 14.1 Å². The van der Waals surface area contributed by atoms with Gasteiger partial charge in [0.1, 0.15) is 11.4 Å². The number of hydrogen-bond acceptors (Lipinski definition) is 7. The average molecular weight is 661 g/mol. The molecule has 0 saturated carbocycles. The molecule has 2 aromatic carbocycles. The Balaban J connectivity index is 1.31. The summed E-state index contributed by atoms with van der Waals surface area (Å²) in [4.78, 5) is 58.5. The number of carbonyl (C=O) groups excluding carboxylic acids is 2. The van der Waals surface area contributed by atoms with E-state index in [9.17, 15) is 19.2 Å². The van der Waals surface area contributed by atoms with Gasteiger partial charge in [0, 0.05) is 81.7 Å². The predicted molar refractivity (Wildman–Crippen MR) is 176 cm³/mol. The second-order valence-electron chi connectivity index (χ2n) is 11.8. The molecule has 1 N–H and O–H groups in total. The molecule has 1 aliphatic carbocycles.